The van der Waals surface area contributed by atoms with Crippen LogP contribution in [0.3, 0.4) is 0 Å². The minimum Gasteiger partial charge on any atom is -0.379 e. The second-order valence-corrected chi connectivity index (χ2v) is 4.52. The quantitative estimate of drug-likeness (QED) is 0.858. The second-order valence-electron chi connectivity index (χ2n) is 4.52. The molecule has 2 aromatic rings. The van der Waals surface area contributed by atoms with Gasteiger partial charge < -0.3 is 10.1 Å². The Morgan fingerprint density at radius 3 is 3.12 bits per heavy atom. The van der Waals surface area contributed by atoms with Gasteiger partial charge in [-0.3, -0.25) is 4.98 Å². The molecule has 88 valence electrons. The van der Waals surface area contributed by atoms with E-state index < -0.39 is 0 Å². The van der Waals surface area contributed by atoms with E-state index >= 15 is 0 Å². The molecule has 2 unspecified atom stereocenters. The predicted octanol–water partition coefficient (Wildman–Crippen LogP) is 2.82. The molecule has 0 spiro atoms. The van der Waals surface area contributed by atoms with E-state index in [1.807, 2.05) is 18.5 Å². The van der Waals surface area contributed by atoms with Crippen molar-refractivity contribution in [3.05, 3.63) is 36.7 Å². The third-order valence-electron chi connectivity index (χ3n) is 3.40. The fraction of sp³-hybridized carbons (Fsp3) is 0.357. The Kier molecular flexibility index (Phi) is 2.69. The van der Waals surface area contributed by atoms with E-state index in [0.717, 1.165) is 18.7 Å². The lowest BCUT2D eigenvalue weighted by atomic mass is 10.1. The van der Waals surface area contributed by atoms with Crippen molar-refractivity contribution >= 4 is 16.5 Å². The molecule has 1 N–H and O–H groups in total. The van der Waals surface area contributed by atoms with Crippen LogP contribution in [0, 0.1) is 0 Å². The van der Waals surface area contributed by atoms with Crippen LogP contribution in [0.15, 0.2) is 36.7 Å². The Balaban J connectivity index is 1.94. The van der Waals surface area contributed by atoms with Crippen LogP contribution in [0.2, 0.25) is 0 Å². The number of rotatable bonds is 2. The lowest BCUT2D eigenvalue weighted by molar-refractivity contribution is 0.121. The number of hydrogen-bond acceptors (Lipinski definition) is 3. The molecule has 1 fully saturated rings. The molecular weight excluding hydrogens is 212 g/mol. The van der Waals surface area contributed by atoms with Gasteiger partial charge in [0.25, 0.3) is 0 Å². The van der Waals surface area contributed by atoms with Gasteiger partial charge in [-0.2, -0.15) is 0 Å². The average molecular weight is 228 g/mol. The van der Waals surface area contributed by atoms with E-state index in [1.165, 1.54) is 10.8 Å². The maximum Gasteiger partial charge on any atom is 0.0748 e. The smallest absolute Gasteiger partial charge is 0.0748 e. The molecule has 1 aromatic carbocycles. The van der Waals surface area contributed by atoms with Gasteiger partial charge in [0.1, 0.15) is 0 Å². The molecule has 0 saturated carbocycles. The Labute approximate surface area is 101 Å². The van der Waals surface area contributed by atoms with Crippen molar-refractivity contribution in [2.24, 2.45) is 0 Å². The summed E-state index contributed by atoms with van der Waals surface area (Å²) < 4.78 is 5.57. The van der Waals surface area contributed by atoms with Crippen molar-refractivity contribution in [2.75, 3.05) is 11.9 Å². The maximum atomic E-state index is 5.57. The molecule has 1 aliphatic rings. The van der Waals surface area contributed by atoms with E-state index in [1.54, 1.807) is 0 Å². The van der Waals surface area contributed by atoms with Gasteiger partial charge in [-0.15, -0.1) is 0 Å². The number of ether oxygens (including phenoxy) is 1. The fourth-order valence-electron chi connectivity index (χ4n) is 2.36. The third kappa shape index (κ3) is 1.98. The van der Waals surface area contributed by atoms with E-state index in [0.29, 0.717) is 6.04 Å². The van der Waals surface area contributed by atoms with Crippen LogP contribution < -0.4 is 5.32 Å². The van der Waals surface area contributed by atoms with E-state index in [4.69, 9.17) is 4.74 Å². The molecule has 0 aliphatic carbocycles. The molecule has 0 radical (unpaired) electrons. The molecular formula is C14H16N2O. The van der Waals surface area contributed by atoms with Gasteiger partial charge in [0.15, 0.2) is 0 Å². The highest BCUT2D eigenvalue weighted by Gasteiger charge is 2.24. The molecule has 2 atom stereocenters. The summed E-state index contributed by atoms with van der Waals surface area (Å²) in [5.74, 6) is 0. The number of pyridine rings is 1. The summed E-state index contributed by atoms with van der Waals surface area (Å²) in [6, 6.07) is 8.73. The lowest BCUT2D eigenvalue weighted by Crippen LogP contribution is -2.26. The molecule has 2 heterocycles. The van der Waals surface area contributed by atoms with Gasteiger partial charge in [-0.05, 0) is 30.9 Å². The Morgan fingerprint density at radius 2 is 2.29 bits per heavy atom. The largest absolute Gasteiger partial charge is 0.379 e. The number of nitrogens with zero attached hydrogens (tertiary/aromatic N) is 1. The van der Waals surface area contributed by atoms with Crippen LogP contribution >= 0.6 is 0 Å². The van der Waals surface area contributed by atoms with Crippen LogP contribution in [-0.2, 0) is 4.74 Å². The van der Waals surface area contributed by atoms with Crippen molar-refractivity contribution in [3.8, 4) is 0 Å². The van der Waals surface area contributed by atoms with Gasteiger partial charge >= 0.3 is 0 Å². The topological polar surface area (TPSA) is 34.1 Å². The summed E-state index contributed by atoms with van der Waals surface area (Å²) in [6.45, 7) is 2.97. The number of aromatic nitrogens is 1. The normalized spacial score (nSPS) is 24.1. The lowest BCUT2D eigenvalue weighted by Gasteiger charge is -2.18. The van der Waals surface area contributed by atoms with E-state index in [9.17, 15) is 0 Å². The van der Waals surface area contributed by atoms with Crippen molar-refractivity contribution in [2.45, 2.75) is 25.5 Å². The number of anilines is 1. The van der Waals surface area contributed by atoms with Gasteiger partial charge in [-0.25, -0.2) is 0 Å². The minimum atomic E-state index is 0.280. The molecule has 17 heavy (non-hydrogen) atoms. The number of benzene rings is 1. The predicted molar refractivity (Wildman–Crippen MR) is 69.2 cm³/mol. The molecule has 1 saturated heterocycles. The molecule has 1 aromatic heterocycles. The Bertz CT molecular complexity index is 521. The number of hydrogen-bond donors (Lipinski definition) is 1. The average Bonchev–Trinajstić information content (AvgIpc) is 2.76. The minimum absolute atomic E-state index is 0.280. The zero-order valence-electron chi connectivity index (χ0n) is 9.89. The van der Waals surface area contributed by atoms with Crippen LogP contribution in [0.5, 0.6) is 0 Å². The maximum absolute atomic E-state index is 5.57. The van der Waals surface area contributed by atoms with E-state index in [-0.39, 0.29) is 6.10 Å². The monoisotopic (exact) mass is 228 g/mol. The van der Waals surface area contributed by atoms with Crippen molar-refractivity contribution in [1.82, 2.24) is 4.98 Å². The van der Waals surface area contributed by atoms with Gasteiger partial charge in [0.05, 0.1) is 12.1 Å². The summed E-state index contributed by atoms with van der Waals surface area (Å²) in [5, 5.41) is 5.96. The first kappa shape index (κ1) is 10.5. The van der Waals surface area contributed by atoms with Crippen LogP contribution in [0.4, 0.5) is 5.69 Å². The molecule has 0 amide bonds. The third-order valence-corrected chi connectivity index (χ3v) is 3.40. The Morgan fingerprint density at radius 1 is 1.35 bits per heavy atom. The van der Waals surface area contributed by atoms with Gasteiger partial charge in [0.2, 0.25) is 0 Å². The molecule has 3 rings (SSSR count). The number of fused-ring (bicyclic) bond motifs is 1. The summed E-state index contributed by atoms with van der Waals surface area (Å²) in [5.41, 5.74) is 1.15. The van der Waals surface area contributed by atoms with Gasteiger partial charge in [0, 0.05) is 30.1 Å². The van der Waals surface area contributed by atoms with Crippen LogP contribution in [0.25, 0.3) is 10.8 Å². The SMILES string of the molecule is CC1OCCC1Nc1cccc2ccncc12. The van der Waals surface area contributed by atoms with Crippen LogP contribution in [0.1, 0.15) is 13.3 Å². The molecule has 0 bridgehead atoms. The summed E-state index contributed by atoms with van der Waals surface area (Å²) >= 11 is 0. The highest BCUT2D eigenvalue weighted by molar-refractivity contribution is 5.93. The molecule has 1 aliphatic heterocycles. The highest BCUT2D eigenvalue weighted by atomic mass is 16.5. The first-order valence-corrected chi connectivity index (χ1v) is 6.05. The first-order chi connectivity index (χ1) is 8.34. The first-order valence-electron chi connectivity index (χ1n) is 6.05. The fourth-order valence-corrected chi connectivity index (χ4v) is 2.36. The molecule has 3 nitrogen and oxygen atoms in total. The van der Waals surface area contributed by atoms with Crippen molar-refractivity contribution < 1.29 is 4.74 Å². The van der Waals surface area contributed by atoms with Crippen molar-refractivity contribution in [1.29, 1.82) is 0 Å². The summed E-state index contributed by atoms with van der Waals surface area (Å²) in [7, 11) is 0. The van der Waals surface area contributed by atoms with Crippen LogP contribution in [-0.4, -0.2) is 23.7 Å². The number of nitrogens with one attached hydrogen (secondary N) is 1. The summed E-state index contributed by atoms with van der Waals surface area (Å²) in [4.78, 5) is 4.20. The summed E-state index contributed by atoms with van der Waals surface area (Å²) in [6.07, 6.45) is 5.09. The Hall–Kier alpha value is -1.61. The zero-order chi connectivity index (χ0) is 11.7. The van der Waals surface area contributed by atoms with Gasteiger partial charge in [-0.1, -0.05) is 12.1 Å². The standard InChI is InChI=1S/C14H16N2O/c1-10-13(6-8-17-10)16-14-4-2-3-11-5-7-15-9-12(11)14/h2-5,7,9-10,13,16H,6,8H2,1H3. The zero-order valence-corrected chi connectivity index (χ0v) is 9.89. The second kappa shape index (κ2) is 4.34. The molecule has 3 heteroatoms. The van der Waals surface area contributed by atoms with Crippen molar-refractivity contribution in [3.63, 3.8) is 0 Å². The van der Waals surface area contributed by atoms with E-state index in [2.05, 4.69) is 35.4 Å². The highest BCUT2D eigenvalue weighted by Crippen LogP contribution is 2.25.